The second-order valence-corrected chi connectivity index (χ2v) is 18.7. The summed E-state index contributed by atoms with van der Waals surface area (Å²) in [5.74, 6) is 0. The normalized spacial score (nSPS) is 13.0. The Kier molecular flexibility index (Phi) is 8.16. The Bertz CT molecular complexity index is 3800. The van der Waals surface area contributed by atoms with Crippen LogP contribution in [0.4, 0.5) is 17.1 Å². The molecule has 0 spiro atoms. The van der Waals surface area contributed by atoms with E-state index in [1.807, 2.05) is 11.3 Å². The van der Waals surface area contributed by atoms with Crippen molar-refractivity contribution in [1.82, 2.24) is 0 Å². The van der Waals surface area contributed by atoms with Crippen molar-refractivity contribution >= 4 is 81.3 Å². The molecule has 0 saturated heterocycles. The average molecular weight is 836 g/mol. The third-order valence-corrected chi connectivity index (χ3v) is 14.8. The minimum absolute atomic E-state index is 0.1000. The molecule has 0 atom stereocenters. The van der Waals surface area contributed by atoms with E-state index in [2.05, 4.69) is 231 Å². The van der Waals surface area contributed by atoms with Crippen molar-refractivity contribution in [2.75, 3.05) is 4.90 Å². The van der Waals surface area contributed by atoms with Gasteiger partial charge in [0.25, 0.3) is 0 Å². The third kappa shape index (κ3) is 5.57. The number of furan rings is 1. The molecule has 10 aromatic carbocycles. The molecule has 2 nitrogen and oxygen atoms in total. The van der Waals surface area contributed by atoms with Crippen LogP contribution in [0.5, 0.6) is 0 Å². The van der Waals surface area contributed by atoms with E-state index in [9.17, 15) is 0 Å². The minimum atomic E-state index is -0.1000. The summed E-state index contributed by atoms with van der Waals surface area (Å²) >= 11 is 1.86. The van der Waals surface area contributed by atoms with E-state index in [0.717, 1.165) is 55.5 Å². The van der Waals surface area contributed by atoms with E-state index >= 15 is 0 Å². The fourth-order valence-corrected chi connectivity index (χ4v) is 11.8. The Hall–Kier alpha value is -7.72. The number of fused-ring (bicyclic) bond motifs is 11. The largest absolute Gasteiger partial charge is 0.455 e. The topological polar surface area (TPSA) is 16.4 Å². The number of nitrogens with zero attached hydrogens (tertiary/aromatic N) is 1. The zero-order chi connectivity index (χ0) is 42.5. The summed E-state index contributed by atoms with van der Waals surface area (Å²) in [5.41, 5.74) is 17.8. The standard InChI is InChI=1S/C61H41NOS/c1-61(2)53-20-7-5-14-49(53)50-19-9-18-47(59(50)61)41-28-35-44(36-29-41)62(43-33-26-40(27-34-43)46-17-11-23-56-58(46)51-15-6-8-22-55(51)64-56)42-31-24-39(25-32-42)45-16-10-21-54-57(45)52-37-30-38-12-3-4-13-48(38)60(52)63-54/h3-37H,1-2H3. The lowest BCUT2D eigenvalue weighted by atomic mass is 9.79. The van der Waals surface area contributed by atoms with Crippen molar-refractivity contribution in [3.63, 3.8) is 0 Å². The lowest BCUT2D eigenvalue weighted by molar-refractivity contribution is 0.662. The molecule has 0 bridgehead atoms. The predicted molar refractivity (Wildman–Crippen MR) is 273 cm³/mol. The summed E-state index contributed by atoms with van der Waals surface area (Å²) in [5, 5.41) is 7.24. The molecule has 0 aliphatic heterocycles. The number of hydrogen-bond acceptors (Lipinski definition) is 3. The molecule has 2 heterocycles. The molecule has 3 heteroatoms. The maximum absolute atomic E-state index is 6.57. The summed E-state index contributed by atoms with van der Waals surface area (Å²) in [6, 6.07) is 77.7. The van der Waals surface area contributed by atoms with Gasteiger partial charge in [0.15, 0.2) is 0 Å². The van der Waals surface area contributed by atoms with E-state index in [-0.39, 0.29) is 5.41 Å². The molecule has 1 aliphatic carbocycles. The molecule has 2 aromatic heterocycles. The number of rotatable bonds is 6. The molecule has 0 unspecified atom stereocenters. The summed E-state index contributed by atoms with van der Waals surface area (Å²) in [6.45, 7) is 4.73. The molecule has 13 rings (SSSR count). The van der Waals surface area contributed by atoms with Gasteiger partial charge in [0.1, 0.15) is 11.2 Å². The monoisotopic (exact) mass is 835 g/mol. The molecule has 0 N–H and O–H groups in total. The SMILES string of the molecule is CC1(C)c2ccccc2-c2cccc(-c3ccc(N(c4ccc(-c5cccc6oc7c8ccccc8ccc7c56)cc4)c4ccc(-c5cccc6sc7ccccc7c56)cc4)cc3)c21. The fraction of sp³-hybridized carbons (Fsp3) is 0.0492. The lowest BCUT2D eigenvalue weighted by Gasteiger charge is -2.27. The molecular weight excluding hydrogens is 795 g/mol. The van der Waals surface area contributed by atoms with Crippen LogP contribution < -0.4 is 4.90 Å². The average Bonchev–Trinajstić information content (AvgIpc) is 4.00. The van der Waals surface area contributed by atoms with Crippen molar-refractivity contribution in [1.29, 1.82) is 0 Å². The van der Waals surface area contributed by atoms with Gasteiger partial charge >= 0.3 is 0 Å². The van der Waals surface area contributed by atoms with Crippen molar-refractivity contribution < 1.29 is 4.42 Å². The third-order valence-electron chi connectivity index (χ3n) is 13.7. The Morgan fingerprint density at radius 2 is 0.922 bits per heavy atom. The van der Waals surface area contributed by atoms with E-state index in [4.69, 9.17) is 4.42 Å². The quantitative estimate of drug-likeness (QED) is 0.166. The van der Waals surface area contributed by atoms with Crippen LogP contribution in [-0.4, -0.2) is 0 Å². The molecule has 0 amide bonds. The van der Waals surface area contributed by atoms with Gasteiger partial charge in [-0.3, -0.25) is 0 Å². The Labute approximate surface area is 375 Å². The van der Waals surface area contributed by atoms with Gasteiger partial charge in [-0.2, -0.15) is 0 Å². The highest BCUT2D eigenvalue weighted by atomic mass is 32.1. The minimum Gasteiger partial charge on any atom is -0.455 e. The second-order valence-electron chi connectivity index (χ2n) is 17.6. The van der Waals surface area contributed by atoms with Crippen LogP contribution in [0, 0.1) is 0 Å². The van der Waals surface area contributed by atoms with Crippen molar-refractivity contribution in [3.05, 3.63) is 223 Å². The molecule has 12 aromatic rings. The van der Waals surface area contributed by atoms with Crippen LogP contribution in [0.25, 0.3) is 97.4 Å². The number of thiophene rings is 1. The first-order valence-corrected chi connectivity index (χ1v) is 22.9. The molecule has 302 valence electrons. The van der Waals surface area contributed by atoms with Gasteiger partial charge in [0, 0.05) is 58.8 Å². The highest BCUT2D eigenvalue weighted by molar-refractivity contribution is 7.25. The van der Waals surface area contributed by atoms with E-state index in [1.54, 1.807) is 0 Å². The van der Waals surface area contributed by atoms with Gasteiger partial charge in [0.05, 0.1) is 0 Å². The zero-order valence-corrected chi connectivity index (χ0v) is 36.3. The number of anilines is 3. The Morgan fingerprint density at radius 1 is 0.391 bits per heavy atom. The molecule has 0 fully saturated rings. The maximum Gasteiger partial charge on any atom is 0.143 e. The molecule has 0 radical (unpaired) electrons. The summed E-state index contributed by atoms with van der Waals surface area (Å²) in [6.07, 6.45) is 0. The van der Waals surface area contributed by atoms with Gasteiger partial charge in [-0.25, -0.2) is 0 Å². The molecular formula is C61H41NOS. The zero-order valence-electron chi connectivity index (χ0n) is 35.5. The highest BCUT2D eigenvalue weighted by Gasteiger charge is 2.37. The Morgan fingerprint density at radius 3 is 1.66 bits per heavy atom. The predicted octanol–water partition coefficient (Wildman–Crippen LogP) is 17.9. The summed E-state index contributed by atoms with van der Waals surface area (Å²) < 4.78 is 9.20. The first-order chi connectivity index (χ1) is 31.5. The molecule has 64 heavy (non-hydrogen) atoms. The van der Waals surface area contributed by atoms with E-state index < -0.39 is 0 Å². The van der Waals surface area contributed by atoms with Gasteiger partial charge in [-0.1, -0.05) is 166 Å². The number of benzene rings is 10. The highest BCUT2D eigenvalue weighted by Crippen LogP contribution is 2.52. The van der Waals surface area contributed by atoms with Crippen LogP contribution in [0.15, 0.2) is 217 Å². The molecule has 1 aliphatic rings. The molecule has 0 saturated carbocycles. The van der Waals surface area contributed by atoms with Gasteiger partial charge in [-0.05, 0) is 122 Å². The van der Waals surface area contributed by atoms with Crippen molar-refractivity contribution in [2.24, 2.45) is 0 Å². The van der Waals surface area contributed by atoms with Crippen LogP contribution in [-0.2, 0) is 5.41 Å². The van der Waals surface area contributed by atoms with E-state index in [0.29, 0.717) is 0 Å². The smallest absolute Gasteiger partial charge is 0.143 e. The second kappa shape index (κ2) is 14.2. The van der Waals surface area contributed by atoms with Crippen molar-refractivity contribution in [2.45, 2.75) is 19.3 Å². The van der Waals surface area contributed by atoms with Crippen LogP contribution in [0.1, 0.15) is 25.0 Å². The lowest BCUT2D eigenvalue weighted by Crippen LogP contribution is -2.16. The van der Waals surface area contributed by atoms with Crippen LogP contribution in [0.3, 0.4) is 0 Å². The maximum atomic E-state index is 6.57. The van der Waals surface area contributed by atoms with Gasteiger partial charge in [-0.15, -0.1) is 11.3 Å². The van der Waals surface area contributed by atoms with Crippen molar-refractivity contribution in [3.8, 4) is 44.5 Å². The summed E-state index contributed by atoms with van der Waals surface area (Å²) in [7, 11) is 0. The Balaban J connectivity index is 0.921. The van der Waals surface area contributed by atoms with Gasteiger partial charge < -0.3 is 9.32 Å². The summed E-state index contributed by atoms with van der Waals surface area (Å²) in [4.78, 5) is 2.38. The number of hydrogen-bond donors (Lipinski definition) is 0. The van der Waals surface area contributed by atoms with Crippen LogP contribution >= 0.6 is 11.3 Å². The van der Waals surface area contributed by atoms with Gasteiger partial charge in [0.2, 0.25) is 0 Å². The first-order valence-electron chi connectivity index (χ1n) is 22.1. The first kappa shape index (κ1) is 36.9. The fourth-order valence-electron chi connectivity index (χ4n) is 10.7. The van der Waals surface area contributed by atoms with Crippen LogP contribution in [0.2, 0.25) is 0 Å². The van der Waals surface area contributed by atoms with E-state index in [1.165, 1.54) is 70.1 Å².